The summed E-state index contributed by atoms with van der Waals surface area (Å²) in [4.78, 5) is 35.3. The number of amides is 2. The van der Waals surface area contributed by atoms with E-state index in [2.05, 4.69) is 9.88 Å². The summed E-state index contributed by atoms with van der Waals surface area (Å²) in [5, 5.41) is 0. The van der Waals surface area contributed by atoms with E-state index in [4.69, 9.17) is 0 Å². The van der Waals surface area contributed by atoms with Crippen LogP contribution >= 0.6 is 0 Å². The standard InChI is InChI=1S/C19H28N4O2/c1-15(2)18(23-9-3-4-17(23)24)19(25)22-12-10-21(11-13-22)14-16-5-7-20-8-6-16/h5-8,15,18H,3-4,9-14H2,1-2H3/t18-/m1/s1. The number of aromatic nitrogens is 1. The molecule has 25 heavy (non-hydrogen) atoms. The van der Waals surface area contributed by atoms with E-state index in [-0.39, 0.29) is 23.8 Å². The molecule has 0 N–H and O–H groups in total. The Labute approximate surface area is 149 Å². The molecule has 3 rings (SSSR count). The third kappa shape index (κ3) is 4.18. The second kappa shape index (κ2) is 7.95. The molecule has 2 aliphatic rings. The molecule has 0 bridgehead atoms. The lowest BCUT2D eigenvalue weighted by Gasteiger charge is -2.39. The maximum Gasteiger partial charge on any atom is 0.245 e. The summed E-state index contributed by atoms with van der Waals surface area (Å²) in [6.45, 7) is 8.88. The summed E-state index contributed by atoms with van der Waals surface area (Å²) >= 11 is 0. The quantitative estimate of drug-likeness (QED) is 0.810. The van der Waals surface area contributed by atoms with Crippen molar-refractivity contribution in [1.29, 1.82) is 0 Å². The highest BCUT2D eigenvalue weighted by atomic mass is 16.2. The zero-order valence-corrected chi connectivity index (χ0v) is 15.2. The first kappa shape index (κ1) is 17.9. The first-order valence-corrected chi connectivity index (χ1v) is 9.26. The highest BCUT2D eigenvalue weighted by Crippen LogP contribution is 2.21. The third-order valence-corrected chi connectivity index (χ3v) is 5.17. The number of piperazine rings is 1. The Balaban J connectivity index is 1.57. The zero-order valence-electron chi connectivity index (χ0n) is 15.2. The lowest BCUT2D eigenvalue weighted by molar-refractivity contribution is -0.146. The van der Waals surface area contributed by atoms with Crippen LogP contribution in [0.3, 0.4) is 0 Å². The van der Waals surface area contributed by atoms with Crippen LogP contribution in [0.2, 0.25) is 0 Å². The van der Waals surface area contributed by atoms with Gasteiger partial charge in [-0.1, -0.05) is 13.8 Å². The largest absolute Gasteiger partial charge is 0.338 e. The van der Waals surface area contributed by atoms with E-state index in [9.17, 15) is 9.59 Å². The van der Waals surface area contributed by atoms with Crippen molar-refractivity contribution >= 4 is 11.8 Å². The fraction of sp³-hybridized carbons (Fsp3) is 0.632. The van der Waals surface area contributed by atoms with Gasteiger partial charge in [0.1, 0.15) is 6.04 Å². The summed E-state index contributed by atoms with van der Waals surface area (Å²) in [6, 6.07) is 3.76. The molecule has 0 unspecified atom stereocenters. The molecule has 1 atom stereocenters. The number of hydrogen-bond acceptors (Lipinski definition) is 4. The molecule has 6 heteroatoms. The first-order chi connectivity index (χ1) is 12.1. The Bertz CT molecular complexity index is 597. The van der Waals surface area contributed by atoms with Crippen molar-refractivity contribution in [2.24, 2.45) is 5.92 Å². The van der Waals surface area contributed by atoms with Crippen LogP contribution in [0.15, 0.2) is 24.5 Å². The van der Waals surface area contributed by atoms with E-state index in [1.54, 1.807) is 4.90 Å². The van der Waals surface area contributed by atoms with Gasteiger partial charge >= 0.3 is 0 Å². The van der Waals surface area contributed by atoms with Crippen LogP contribution in [0.25, 0.3) is 0 Å². The van der Waals surface area contributed by atoms with Crippen LogP contribution in [0.4, 0.5) is 0 Å². The monoisotopic (exact) mass is 344 g/mol. The molecule has 2 aliphatic heterocycles. The van der Waals surface area contributed by atoms with Crippen LogP contribution in [-0.4, -0.2) is 70.3 Å². The van der Waals surface area contributed by atoms with Gasteiger partial charge in [-0.25, -0.2) is 0 Å². The van der Waals surface area contributed by atoms with Gasteiger partial charge in [-0.3, -0.25) is 19.5 Å². The van der Waals surface area contributed by atoms with Crippen molar-refractivity contribution in [2.45, 2.75) is 39.3 Å². The Hall–Kier alpha value is -1.95. The summed E-state index contributed by atoms with van der Waals surface area (Å²) in [5.41, 5.74) is 1.25. The van der Waals surface area contributed by atoms with Gasteiger partial charge in [0.25, 0.3) is 0 Å². The number of pyridine rings is 1. The zero-order chi connectivity index (χ0) is 17.8. The fourth-order valence-electron chi connectivity index (χ4n) is 3.80. The highest BCUT2D eigenvalue weighted by Gasteiger charge is 2.37. The maximum absolute atomic E-state index is 13.0. The maximum atomic E-state index is 13.0. The molecule has 1 aromatic heterocycles. The second-order valence-electron chi connectivity index (χ2n) is 7.34. The fourth-order valence-corrected chi connectivity index (χ4v) is 3.80. The number of carbonyl (C=O) groups excluding carboxylic acids is 2. The molecule has 136 valence electrons. The minimum atomic E-state index is -0.304. The molecule has 0 saturated carbocycles. The molecule has 0 spiro atoms. The van der Waals surface area contributed by atoms with Gasteiger partial charge in [-0.05, 0) is 30.0 Å². The van der Waals surface area contributed by atoms with E-state index in [1.807, 2.05) is 43.3 Å². The van der Waals surface area contributed by atoms with Crippen molar-refractivity contribution in [3.8, 4) is 0 Å². The van der Waals surface area contributed by atoms with E-state index in [0.29, 0.717) is 6.42 Å². The number of nitrogens with zero attached hydrogens (tertiary/aromatic N) is 4. The van der Waals surface area contributed by atoms with E-state index in [0.717, 1.165) is 45.7 Å². The lowest BCUT2D eigenvalue weighted by atomic mass is 10.0. The molecule has 6 nitrogen and oxygen atoms in total. The third-order valence-electron chi connectivity index (χ3n) is 5.17. The Morgan fingerprint density at radius 1 is 1.12 bits per heavy atom. The Morgan fingerprint density at radius 3 is 2.36 bits per heavy atom. The molecule has 1 aromatic rings. The lowest BCUT2D eigenvalue weighted by Crippen LogP contribution is -2.56. The van der Waals surface area contributed by atoms with E-state index < -0.39 is 0 Å². The first-order valence-electron chi connectivity index (χ1n) is 9.26. The molecule has 0 aromatic carbocycles. The topological polar surface area (TPSA) is 56.8 Å². The minimum Gasteiger partial charge on any atom is -0.338 e. The Kier molecular flexibility index (Phi) is 5.68. The van der Waals surface area contributed by atoms with Crippen molar-refractivity contribution in [1.82, 2.24) is 19.7 Å². The average Bonchev–Trinajstić information content (AvgIpc) is 3.02. The molecular weight excluding hydrogens is 316 g/mol. The van der Waals surface area contributed by atoms with Gasteiger partial charge in [0, 0.05) is 58.1 Å². The molecule has 3 heterocycles. The summed E-state index contributed by atoms with van der Waals surface area (Å²) in [5.74, 6) is 0.390. The van der Waals surface area contributed by atoms with Gasteiger partial charge in [0.2, 0.25) is 11.8 Å². The van der Waals surface area contributed by atoms with Gasteiger partial charge < -0.3 is 9.80 Å². The van der Waals surface area contributed by atoms with Crippen LogP contribution in [0.1, 0.15) is 32.3 Å². The molecular formula is C19H28N4O2. The normalized spacial score (nSPS) is 20.4. The second-order valence-corrected chi connectivity index (χ2v) is 7.34. The smallest absolute Gasteiger partial charge is 0.245 e. The van der Waals surface area contributed by atoms with Gasteiger partial charge in [0.05, 0.1) is 0 Å². The molecule has 2 fully saturated rings. The van der Waals surface area contributed by atoms with Crippen molar-refractivity contribution in [3.05, 3.63) is 30.1 Å². The van der Waals surface area contributed by atoms with Crippen molar-refractivity contribution in [3.63, 3.8) is 0 Å². The Morgan fingerprint density at radius 2 is 1.80 bits per heavy atom. The number of carbonyl (C=O) groups is 2. The van der Waals surface area contributed by atoms with Crippen LogP contribution in [0.5, 0.6) is 0 Å². The van der Waals surface area contributed by atoms with Gasteiger partial charge in [0.15, 0.2) is 0 Å². The molecule has 0 radical (unpaired) electrons. The summed E-state index contributed by atoms with van der Waals surface area (Å²) in [7, 11) is 0. The van der Waals surface area contributed by atoms with Crippen LogP contribution < -0.4 is 0 Å². The van der Waals surface area contributed by atoms with Crippen molar-refractivity contribution in [2.75, 3.05) is 32.7 Å². The van der Waals surface area contributed by atoms with Crippen molar-refractivity contribution < 1.29 is 9.59 Å². The van der Waals surface area contributed by atoms with Crippen LogP contribution in [-0.2, 0) is 16.1 Å². The number of hydrogen-bond donors (Lipinski definition) is 0. The average molecular weight is 344 g/mol. The van der Waals surface area contributed by atoms with Gasteiger partial charge in [-0.15, -0.1) is 0 Å². The summed E-state index contributed by atoms with van der Waals surface area (Å²) in [6.07, 6.45) is 5.08. The molecule has 2 amide bonds. The van der Waals surface area contributed by atoms with E-state index in [1.165, 1.54) is 5.56 Å². The predicted octanol–water partition coefficient (Wildman–Crippen LogP) is 1.37. The molecule has 2 saturated heterocycles. The highest BCUT2D eigenvalue weighted by molar-refractivity contribution is 5.89. The SMILES string of the molecule is CC(C)[C@H](C(=O)N1CCN(Cc2ccncc2)CC1)N1CCCC1=O. The van der Waals surface area contributed by atoms with Gasteiger partial charge in [-0.2, -0.15) is 0 Å². The number of likely N-dealkylation sites (tertiary alicyclic amines) is 1. The predicted molar refractivity (Wildman–Crippen MR) is 95.7 cm³/mol. The number of rotatable bonds is 5. The van der Waals surface area contributed by atoms with E-state index >= 15 is 0 Å². The van der Waals surface area contributed by atoms with Crippen LogP contribution in [0, 0.1) is 5.92 Å². The summed E-state index contributed by atoms with van der Waals surface area (Å²) < 4.78 is 0. The molecule has 0 aliphatic carbocycles. The minimum absolute atomic E-state index is 0.119.